The fourth-order valence-electron chi connectivity index (χ4n) is 4.00. The molecule has 0 radical (unpaired) electrons. The lowest BCUT2D eigenvalue weighted by Crippen LogP contribution is -2.38. The molecule has 32 heavy (non-hydrogen) atoms. The molecule has 0 fully saturated rings. The van der Waals surface area contributed by atoms with Gasteiger partial charge in [-0.2, -0.15) is 0 Å². The normalized spacial score (nSPS) is 12.8. The third-order valence-electron chi connectivity index (χ3n) is 5.48. The molecular formula is C27H28O5. The molecule has 0 saturated carbocycles. The second kappa shape index (κ2) is 9.65. The largest absolute Gasteiger partial charge is 0.427 e. The van der Waals surface area contributed by atoms with Gasteiger partial charge in [0.25, 0.3) is 6.29 Å². The molecule has 5 heteroatoms. The lowest BCUT2D eigenvalue weighted by Gasteiger charge is -2.26. The van der Waals surface area contributed by atoms with Crippen LogP contribution in [-0.4, -0.2) is 31.8 Å². The molecule has 4 aromatic carbocycles. The molecule has 0 aliphatic rings. The Morgan fingerprint density at radius 1 is 0.812 bits per heavy atom. The summed E-state index contributed by atoms with van der Waals surface area (Å²) in [6.45, 7) is 9.98. The van der Waals surface area contributed by atoms with Crippen molar-refractivity contribution in [2.75, 3.05) is 13.2 Å². The van der Waals surface area contributed by atoms with Gasteiger partial charge in [0.15, 0.2) is 0 Å². The molecular weight excluding hydrogens is 404 g/mol. The number of rotatable bonds is 10. The van der Waals surface area contributed by atoms with Gasteiger partial charge in [0.2, 0.25) is 6.29 Å². The van der Waals surface area contributed by atoms with Crippen molar-refractivity contribution >= 4 is 38.3 Å². The molecule has 0 aliphatic heterocycles. The minimum absolute atomic E-state index is 0.235. The Balaban J connectivity index is 1.68. The summed E-state index contributed by atoms with van der Waals surface area (Å²) in [4.78, 5) is 12.2. The number of benzene rings is 4. The van der Waals surface area contributed by atoms with Gasteiger partial charge in [-0.15, -0.1) is 0 Å². The number of hydrogen-bond donors (Lipinski definition) is 0. The average Bonchev–Trinajstić information content (AvgIpc) is 2.80. The van der Waals surface area contributed by atoms with Crippen LogP contribution in [0.3, 0.4) is 0 Å². The fraction of sp³-hybridized carbons (Fsp3) is 0.296. The van der Waals surface area contributed by atoms with Crippen LogP contribution in [-0.2, 0) is 30.3 Å². The Bertz CT molecular complexity index is 1220. The van der Waals surface area contributed by atoms with Gasteiger partial charge in [-0.05, 0) is 58.7 Å². The van der Waals surface area contributed by atoms with Crippen LogP contribution < -0.4 is 0 Å². The van der Waals surface area contributed by atoms with Gasteiger partial charge in [-0.3, -0.25) is 0 Å². The zero-order valence-electron chi connectivity index (χ0n) is 18.7. The quantitative estimate of drug-likeness (QED) is 0.134. The molecule has 166 valence electrons. The van der Waals surface area contributed by atoms with Crippen LogP contribution in [0, 0.1) is 0 Å². The van der Waals surface area contributed by atoms with Crippen LogP contribution in [0.4, 0.5) is 0 Å². The van der Waals surface area contributed by atoms with E-state index in [0.29, 0.717) is 13.2 Å². The molecule has 4 rings (SSSR count). The second-order valence-corrected chi connectivity index (χ2v) is 7.72. The van der Waals surface area contributed by atoms with Crippen LogP contribution in [0.1, 0.15) is 26.3 Å². The summed E-state index contributed by atoms with van der Waals surface area (Å²) >= 11 is 0. The van der Waals surface area contributed by atoms with Crippen LogP contribution in [0.15, 0.2) is 66.7 Å². The van der Waals surface area contributed by atoms with E-state index in [1.54, 1.807) is 6.92 Å². The number of ether oxygens (including phenoxy) is 4. The monoisotopic (exact) mass is 432 g/mol. The number of hydrogen-bond acceptors (Lipinski definition) is 5. The topological polar surface area (TPSA) is 54.0 Å². The molecule has 5 nitrogen and oxygen atoms in total. The maximum atomic E-state index is 12.2. The van der Waals surface area contributed by atoms with Gasteiger partial charge in [-0.1, -0.05) is 61.2 Å². The van der Waals surface area contributed by atoms with Crippen molar-refractivity contribution in [3.63, 3.8) is 0 Å². The third-order valence-corrected chi connectivity index (χ3v) is 5.48. The van der Waals surface area contributed by atoms with E-state index in [-0.39, 0.29) is 12.2 Å². The van der Waals surface area contributed by atoms with Gasteiger partial charge >= 0.3 is 5.97 Å². The van der Waals surface area contributed by atoms with Crippen molar-refractivity contribution in [3.8, 4) is 0 Å². The summed E-state index contributed by atoms with van der Waals surface area (Å²) in [5.41, 5.74) is 1.28. The SMILES string of the molecule is C=C(C)C(=O)OC(OCc1ccc2ccc3cccc4ccc1c2c34)C(OCC)OCC. The summed E-state index contributed by atoms with van der Waals surface area (Å²) in [6, 6.07) is 19.1. The Morgan fingerprint density at radius 2 is 1.41 bits per heavy atom. The lowest BCUT2D eigenvalue weighted by molar-refractivity contribution is -0.277. The molecule has 0 heterocycles. The van der Waals surface area contributed by atoms with Crippen LogP contribution in [0.25, 0.3) is 32.3 Å². The van der Waals surface area contributed by atoms with Crippen LogP contribution in [0.2, 0.25) is 0 Å². The highest BCUT2D eigenvalue weighted by Crippen LogP contribution is 2.36. The van der Waals surface area contributed by atoms with E-state index >= 15 is 0 Å². The molecule has 0 aromatic heterocycles. The van der Waals surface area contributed by atoms with E-state index in [4.69, 9.17) is 18.9 Å². The van der Waals surface area contributed by atoms with Gasteiger partial charge < -0.3 is 18.9 Å². The molecule has 0 aliphatic carbocycles. The minimum Gasteiger partial charge on any atom is -0.427 e. The molecule has 0 amide bonds. The van der Waals surface area contributed by atoms with E-state index in [1.165, 1.54) is 26.9 Å². The molecule has 1 atom stereocenters. The van der Waals surface area contributed by atoms with Crippen molar-refractivity contribution in [3.05, 3.63) is 72.3 Å². The first-order valence-corrected chi connectivity index (χ1v) is 10.9. The van der Waals surface area contributed by atoms with Gasteiger partial charge in [0, 0.05) is 18.8 Å². The van der Waals surface area contributed by atoms with E-state index < -0.39 is 18.5 Å². The summed E-state index contributed by atoms with van der Waals surface area (Å²) in [5.74, 6) is -0.546. The first kappa shape index (κ1) is 22.2. The predicted octanol–water partition coefficient (Wildman–Crippen LogP) is 5.95. The zero-order chi connectivity index (χ0) is 22.7. The Hall–Kier alpha value is -2.99. The van der Waals surface area contributed by atoms with Crippen molar-refractivity contribution < 1.29 is 23.7 Å². The van der Waals surface area contributed by atoms with Crippen molar-refractivity contribution in [2.45, 2.75) is 40.0 Å². The standard InChI is InChI=1S/C27H28O5/c1-5-29-26(30-6-2)27(32-25(28)17(3)4)31-16-21-13-12-20-11-10-18-8-7-9-19-14-15-22(21)24(20)23(18)19/h7-15,26-27H,3,5-6,16H2,1-2,4H3. The third kappa shape index (κ3) is 4.32. The van der Waals surface area contributed by atoms with Crippen molar-refractivity contribution in [1.29, 1.82) is 0 Å². The summed E-state index contributed by atoms with van der Waals surface area (Å²) in [5, 5.41) is 7.17. The number of carbonyl (C=O) groups excluding carboxylic acids is 1. The van der Waals surface area contributed by atoms with Crippen LogP contribution >= 0.6 is 0 Å². The number of esters is 1. The van der Waals surface area contributed by atoms with Gasteiger partial charge in [0.1, 0.15) is 0 Å². The van der Waals surface area contributed by atoms with E-state index in [9.17, 15) is 4.79 Å². The van der Waals surface area contributed by atoms with Crippen molar-refractivity contribution in [1.82, 2.24) is 0 Å². The Morgan fingerprint density at radius 3 is 2.03 bits per heavy atom. The number of carbonyl (C=O) groups is 1. The molecule has 1 unspecified atom stereocenters. The van der Waals surface area contributed by atoms with Crippen molar-refractivity contribution in [2.24, 2.45) is 0 Å². The summed E-state index contributed by atoms with van der Waals surface area (Å²) in [6.07, 6.45) is -1.84. The highest BCUT2D eigenvalue weighted by atomic mass is 16.8. The summed E-state index contributed by atoms with van der Waals surface area (Å²) < 4.78 is 22.9. The molecule has 0 saturated heterocycles. The second-order valence-electron chi connectivity index (χ2n) is 7.72. The highest BCUT2D eigenvalue weighted by molar-refractivity contribution is 6.23. The van der Waals surface area contributed by atoms with E-state index in [2.05, 4.69) is 61.2 Å². The smallest absolute Gasteiger partial charge is 0.335 e. The molecule has 0 spiro atoms. The maximum absolute atomic E-state index is 12.2. The van der Waals surface area contributed by atoms with E-state index in [0.717, 1.165) is 10.9 Å². The maximum Gasteiger partial charge on any atom is 0.335 e. The molecule has 0 bridgehead atoms. The Kier molecular flexibility index (Phi) is 6.70. The predicted molar refractivity (Wildman–Crippen MR) is 127 cm³/mol. The van der Waals surface area contributed by atoms with E-state index in [1.807, 2.05) is 13.8 Å². The lowest BCUT2D eigenvalue weighted by atomic mass is 9.92. The fourth-order valence-corrected chi connectivity index (χ4v) is 4.00. The highest BCUT2D eigenvalue weighted by Gasteiger charge is 2.28. The first-order chi connectivity index (χ1) is 15.5. The van der Waals surface area contributed by atoms with Gasteiger partial charge in [0.05, 0.1) is 6.61 Å². The van der Waals surface area contributed by atoms with Crippen LogP contribution in [0.5, 0.6) is 0 Å². The Labute approximate surface area is 187 Å². The summed E-state index contributed by atoms with van der Waals surface area (Å²) in [7, 11) is 0. The molecule has 4 aromatic rings. The van der Waals surface area contributed by atoms with Gasteiger partial charge in [-0.25, -0.2) is 4.79 Å². The molecule has 0 N–H and O–H groups in total. The average molecular weight is 433 g/mol. The first-order valence-electron chi connectivity index (χ1n) is 10.9. The minimum atomic E-state index is -1.02. The zero-order valence-corrected chi connectivity index (χ0v) is 18.7.